The Kier molecular flexibility index (Phi) is 5.42. The fourth-order valence-corrected chi connectivity index (χ4v) is 1.84. The number of nitrogens with two attached hydrogens (primary N) is 1. The first-order valence-corrected chi connectivity index (χ1v) is 6.32. The largest absolute Gasteiger partial charge is 0.372 e. The molecule has 96 valence electrons. The molecule has 0 amide bonds. The van der Waals surface area contributed by atoms with Crippen molar-refractivity contribution in [1.29, 1.82) is 0 Å². The van der Waals surface area contributed by atoms with Crippen LogP contribution in [-0.2, 0) is 0 Å². The summed E-state index contributed by atoms with van der Waals surface area (Å²) in [5, 5.41) is 0. The summed E-state index contributed by atoms with van der Waals surface area (Å²) in [6, 6.07) is 5.14. The first-order valence-electron chi connectivity index (χ1n) is 6.32. The number of rotatable bonds is 6. The zero-order chi connectivity index (χ0) is 12.8. The van der Waals surface area contributed by atoms with E-state index in [0.29, 0.717) is 5.69 Å². The van der Waals surface area contributed by atoms with Gasteiger partial charge < -0.3 is 10.6 Å². The summed E-state index contributed by atoms with van der Waals surface area (Å²) in [5.41, 5.74) is 7.23. The number of benzene rings is 1. The van der Waals surface area contributed by atoms with Crippen molar-refractivity contribution in [2.45, 2.75) is 39.2 Å². The van der Waals surface area contributed by atoms with Crippen LogP contribution < -0.4 is 10.6 Å². The molecule has 0 spiro atoms. The molecule has 0 aliphatic rings. The molecule has 0 unspecified atom stereocenters. The number of anilines is 1. The molecule has 0 aliphatic carbocycles. The Morgan fingerprint density at radius 3 is 2.59 bits per heavy atom. The zero-order valence-corrected chi connectivity index (χ0v) is 11.0. The van der Waals surface area contributed by atoms with Crippen LogP contribution in [0.25, 0.3) is 0 Å². The highest BCUT2D eigenvalue weighted by Crippen LogP contribution is 2.22. The Balaban J connectivity index is 2.70. The second-order valence-electron chi connectivity index (χ2n) is 4.63. The van der Waals surface area contributed by atoms with Gasteiger partial charge in [-0.15, -0.1) is 0 Å². The lowest BCUT2D eigenvalue weighted by atomic mass is 10.1. The van der Waals surface area contributed by atoms with Crippen molar-refractivity contribution >= 4 is 5.69 Å². The maximum atomic E-state index is 13.9. The average Bonchev–Trinajstić information content (AvgIpc) is 2.28. The Hall–Kier alpha value is -1.09. The monoisotopic (exact) mass is 238 g/mol. The van der Waals surface area contributed by atoms with Crippen LogP contribution in [0, 0.1) is 5.82 Å². The van der Waals surface area contributed by atoms with Gasteiger partial charge in [0.2, 0.25) is 0 Å². The van der Waals surface area contributed by atoms with Gasteiger partial charge in [0, 0.05) is 19.6 Å². The van der Waals surface area contributed by atoms with Gasteiger partial charge in [0.15, 0.2) is 0 Å². The highest BCUT2D eigenvalue weighted by atomic mass is 19.1. The van der Waals surface area contributed by atoms with Crippen molar-refractivity contribution in [2.75, 3.05) is 18.5 Å². The number of unbranched alkanes of at least 4 members (excludes halogenated alkanes) is 2. The van der Waals surface area contributed by atoms with Crippen molar-refractivity contribution in [3.8, 4) is 0 Å². The second kappa shape index (κ2) is 6.60. The smallest absolute Gasteiger partial charge is 0.146 e. The minimum atomic E-state index is -0.182. The molecule has 2 nitrogen and oxygen atoms in total. The van der Waals surface area contributed by atoms with E-state index >= 15 is 0 Å². The van der Waals surface area contributed by atoms with Crippen molar-refractivity contribution in [3.05, 3.63) is 29.6 Å². The Labute approximate surface area is 104 Å². The molecule has 0 bridgehead atoms. The molecule has 1 aromatic rings. The first-order chi connectivity index (χ1) is 8.06. The van der Waals surface area contributed by atoms with E-state index in [2.05, 4.69) is 6.92 Å². The van der Waals surface area contributed by atoms with Crippen molar-refractivity contribution < 1.29 is 4.39 Å². The van der Waals surface area contributed by atoms with E-state index in [1.807, 2.05) is 31.0 Å². The predicted molar refractivity (Wildman–Crippen MR) is 71.8 cm³/mol. The molecule has 2 N–H and O–H groups in total. The minimum Gasteiger partial charge on any atom is -0.372 e. The Bertz CT molecular complexity index is 350. The first kappa shape index (κ1) is 14.0. The molecule has 0 aliphatic heterocycles. The summed E-state index contributed by atoms with van der Waals surface area (Å²) in [6.45, 7) is 4.92. The van der Waals surface area contributed by atoms with Crippen LogP contribution in [0.2, 0.25) is 0 Å². The van der Waals surface area contributed by atoms with Gasteiger partial charge in [-0.2, -0.15) is 0 Å². The van der Waals surface area contributed by atoms with Gasteiger partial charge in [-0.05, 0) is 31.0 Å². The van der Waals surface area contributed by atoms with Crippen LogP contribution in [0.3, 0.4) is 0 Å². The van der Waals surface area contributed by atoms with Crippen molar-refractivity contribution in [3.63, 3.8) is 0 Å². The number of hydrogen-bond donors (Lipinski definition) is 1. The van der Waals surface area contributed by atoms with Crippen LogP contribution in [0.1, 0.15) is 44.7 Å². The van der Waals surface area contributed by atoms with E-state index in [9.17, 15) is 4.39 Å². The molecule has 1 atom stereocenters. The van der Waals surface area contributed by atoms with Gasteiger partial charge >= 0.3 is 0 Å². The molecule has 1 rings (SSSR count). The molecule has 17 heavy (non-hydrogen) atoms. The average molecular weight is 238 g/mol. The summed E-state index contributed by atoms with van der Waals surface area (Å²) < 4.78 is 13.9. The lowest BCUT2D eigenvalue weighted by molar-refractivity contribution is 0.612. The summed E-state index contributed by atoms with van der Waals surface area (Å²) in [6.07, 6.45) is 3.46. The third kappa shape index (κ3) is 4.00. The van der Waals surface area contributed by atoms with Gasteiger partial charge in [-0.3, -0.25) is 0 Å². The van der Waals surface area contributed by atoms with Crippen LogP contribution in [-0.4, -0.2) is 13.6 Å². The lowest BCUT2D eigenvalue weighted by Crippen LogP contribution is -2.20. The quantitative estimate of drug-likeness (QED) is 0.769. The van der Waals surface area contributed by atoms with E-state index in [1.54, 1.807) is 0 Å². The highest BCUT2D eigenvalue weighted by Gasteiger charge is 2.09. The van der Waals surface area contributed by atoms with Crippen molar-refractivity contribution in [2.24, 2.45) is 5.73 Å². The topological polar surface area (TPSA) is 29.3 Å². The SMILES string of the molecule is CCCCCN(C)c1ccc([C@@H](C)N)cc1F. The maximum Gasteiger partial charge on any atom is 0.146 e. The molecule has 0 heterocycles. The van der Waals surface area contributed by atoms with Gasteiger partial charge in [-0.25, -0.2) is 4.39 Å². The maximum absolute atomic E-state index is 13.9. The number of nitrogens with zero attached hydrogens (tertiary/aromatic N) is 1. The molecule has 0 saturated carbocycles. The summed E-state index contributed by atoms with van der Waals surface area (Å²) in [7, 11) is 1.93. The summed E-state index contributed by atoms with van der Waals surface area (Å²) in [5.74, 6) is -0.182. The van der Waals surface area contributed by atoms with Crippen LogP contribution in [0.5, 0.6) is 0 Å². The summed E-state index contributed by atoms with van der Waals surface area (Å²) >= 11 is 0. The van der Waals surface area contributed by atoms with Gasteiger partial charge in [0.25, 0.3) is 0 Å². The van der Waals surface area contributed by atoms with E-state index in [1.165, 1.54) is 18.9 Å². The molecule has 0 fully saturated rings. The van der Waals surface area contributed by atoms with Crippen LogP contribution in [0.15, 0.2) is 18.2 Å². The van der Waals surface area contributed by atoms with Gasteiger partial charge in [-0.1, -0.05) is 25.8 Å². The van der Waals surface area contributed by atoms with Gasteiger partial charge in [0.05, 0.1) is 5.69 Å². The highest BCUT2D eigenvalue weighted by molar-refractivity contribution is 5.48. The third-order valence-corrected chi connectivity index (χ3v) is 3.01. The molecule has 1 aromatic carbocycles. The third-order valence-electron chi connectivity index (χ3n) is 3.01. The van der Waals surface area contributed by atoms with E-state index in [0.717, 1.165) is 18.5 Å². The van der Waals surface area contributed by atoms with Gasteiger partial charge in [0.1, 0.15) is 5.82 Å². The minimum absolute atomic E-state index is 0.121. The van der Waals surface area contributed by atoms with E-state index in [-0.39, 0.29) is 11.9 Å². The number of hydrogen-bond acceptors (Lipinski definition) is 2. The second-order valence-corrected chi connectivity index (χ2v) is 4.63. The van der Waals surface area contributed by atoms with Crippen LogP contribution in [0.4, 0.5) is 10.1 Å². The fourth-order valence-electron chi connectivity index (χ4n) is 1.84. The predicted octanol–water partition coefficient (Wildman–Crippen LogP) is 3.47. The molecule has 0 saturated heterocycles. The van der Waals surface area contributed by atoms with E-state index in [4.69, 9.17) is 5.73 Å². The molecular formula is C14H23FN2. The molecule has 3 heteroatoms. The molecule has 0 radical (unpaired) electrons. The molecular weight excluding hydrogens is 215 g/mol. The Morgan fingerprint density at radius 2 is 2.06 bits per heavy atom. The summed E-state index contributed by atoms with van der Waals surface area (Å²) in [4.78, 5) is 1.97. The van der Waals surface area contributed by atoms with Crippen LogP contribution >= 0.6 is 0 Å². The zero-order valence-electron chi connectivity index (χ0n) is 11.0. The lowest BCUT2D eigenvalue weighted by Gasteiger charge is -2.20. The fraction of sp³-hybridized carbons (Fsp3) is 0.571. The molecule has 0 aromatic heterocycles. The van der Waals surface area contributed by atoms with Crippen molar-refractivity contribution in [1.82, 2.24) is 0 Å². The number of halogens is 1. The van der Waals surface area contributed by atoms with E-state index < -0.39 is 0 Å². The Morgan fingerprint density at radius 1 is 1.35 bits per heavy atom. The standard InChI is InChI=1S/C14H23FN2/c1-4-5-6-9-17(3)14-8-7-12(11(2)16)10-13(14)15/h7-8,10-11H,4-6,9,16H2,1-3H3/t11-/m1/s1. The normalized spacial score (nSPS) is 12.5.